The van der Waals surface area contributed by atoms with E-state index in [1.807, 2.05) is 18.2 Å². The maximum absolute atomic E-state index is 12.3. The Kier molecular flexibility index (Phi) is 4.67. The molecule has 2 rings (SSSR count). The van der Waals surface area contributed by atoms with E-state index in [2.05, 4.69) is 0 Å². The highest BCUT2D eigenvalue weighted by Gasteiger charge is 2.36. The average Bonchev–Trinajstić information content (AvgIpc) is 2.45. The number of ether oxygens (including phenoxy) is 2. The number of sulfone groups is 1. The minimum atomic E-state index is -3.25. The number of fused-ring (bicyclic) bond motifs is 1. The van der Waals surface area contributed by atoms with Crippen molar-refractivity contribution < 1.29 is 17.9 Å². The zero-order chi connectivity index (χ0) is 14.8. The molecule has 1 aromatic rings. The summed E-state index contributed by atoms with van der Waals surface area (Å²) in [5.74, 6) is 0.718. The topological polar surface area (TPSA) is 78.6 Å². The molecule has 0 heterocycles. The standard InChI is InChI=1S/C14H21NO4S/c1-18-7-8-20(16,17)13-6-4-10-3-5-11(19-2)9-12(10)14(13)15/h3,5,9,13-14H,4,6-8,15H2,1-2H3. The lowest BCUT2D eigenvalue weighted by molar-refractivity contribution is 0.216. The summed E-state index contributed by atoms with van der Waals surface area (Å²) in [7, 11) is -0.165. The van der Waals surface area contributed by atoms with Crippen LogP contribution in [0.2, 0.25) is 0 Å². The van der Waals surface area contributed by atoms with Gasteiger partial charge in [0.1, 0.15) is 5.75 Å². The van der Waals surface area contributed by atoms with Crippen molar-refractivity contribution in [2.24, 2.45) is 5.73 Å². The molecule has 0 spiro atoms. The number of nitrogens with two attached hydrogens (primary N) is 1. The average molecular weight is 299 g/mol. The Bertz CT molecular complexity index is 571. The van der Waals surface area contributed by atoms with Gasteiger partial charge in [-0.25, -0.2) is 8.42 Å². The fourth-order valence-electron chi connectivity index (χ4n) is 2.67. The van der Waals surface area contributed by atoms with Gasteiger partial charge in [-0.15, -0.1) is 0 Å². The summed E-state index contributed by atoms with van der Waals surface area (Å²) in [5, 5.41) is -0.544. The van der Waals surface area contributed by atoms with E-state index in [1.54, 1.807) is 7.11 Å². The van der Waals surface area contributed by atoms with Crippen LogP contribution in [0.3, 0.4) is 0 Å². The lowest BCUT2D eigenvalue weighted by Crippen LogP contribution is -2.39. The third-order valence-corrected chi connectivity index (χ3v) is 6.03. The first-order valence-electron chi connectivity index (χ1n) is 6.62. The maximum atomic E-state index is 12.3. The molecule has 0 radical (unpaired) electrons. The molecule has 2 atom stereocenters. The molecule has 2 unspecified atom stereocenters. The van der Waals surface area contributed by atoms with Crippen LogP contribution in [-0.2, 0) is 21.0 Å². The molecule has 1 aromatic carbocycles. The monoisotopic (exact) mass is 299 g/mol. The predicted octanol–water partition coefficient (Wildman–Crippen LogP) is 1.07. The molecule has 5 nitrogen and oxygen atoms in total. The minimum Gasteiger partial charge on any atom is -0.497 e. The van der Waals surface area contributed by atoms with Crippen LogP contribution in [0.15, 0.2) is 18.2 Å². The van der Waals surface area contributed by atoms with Gasteiger partial charge in [-0.1, -0.05) is 6.07 Å². The molecular formula is C14H21NO4S. The van der Waals surface area contributed by atoms with Crippen molar-refractivity contribution in [1.29, 1.82) is 0 Å². The Hall–Kier alpha value is -1.11. The highest BCUT2D eigenvalue weighted by molar-refractivity contribution is 7.92. The van der Waals surface area contributed by atoms with Crippen molar-refractivity contribution in [1.82, 2.24) is 0 Å². The van der Waals surface area contributed by atoms with Crippen molar-refractivity contribution >= 4 is 9.84 Å². The van der Waals surface area contributed by atoms with E-state index in [0.717, 1.165) is 17.5 Å². The second kappa shape index (κ2) is 6.11. The van der Waals surface area contributed by atoms with Gasteiger partial charge >= 0.3 is 0 Å². The molecular weight excluding hydrogens is 278 g/mol. The van der Waals surface area contributed by atoms with Crippen LogP contribution in [0, 0.1) is 0 Å². The molecule has 112 valence electrons. The number of hydrogen-bond acceptors (Lipinski definition) is 5. The van der Waals surface area contributed by atoms with Gasteiger partial charge in [0.25, 0.3) is 0 Å². The fraction of sp³-hybridized carbons (Fsp3) is 0.571. The van der Waals surface area contributed by atoms with Crippen LogP contribution in [0.4, 0.5) is 0 Å². The number of methoxy groups -OCH3 is 2. The Morgan fingerprint density at radius 2 is 2.10 bits per heavy atom. The van der Waals surface area contributed by atoms with Crippen molar-refractivity contribution in [3.05, 3.63) is 29.3 Å². The lowest BCUT2D eigenvalue weighted by atomic mass is 9.87. The van der Waals surface area contributed by atoms with E-state index >= 15 is 0 Å². The fourth-order valence-corrected chi connectivity index (χ4v) is 4.44. The molecule has 1 aliphatic rings. The maximum Gasteiger partial charge on any atom is 0.157 e. The second-order valence-electron chi connectivity index (χ2n) is 5.03. The van der Waals surface area contributed by atoms with E-state index in [4.69, 9.17) is 15.2 Å². The number of benzene rings is 1. The van der Waals surface area contributed by atoms with Crippen LogP contribution in [0.5, 0.6) is 5.75 Å². The largest absolute Gasteiger partial charge is 0.497 e. The number of aryl methyl sites for hydroxylation is 1. The Balaban J connectivity index is 2.28. The summed E-state index contributed by atoms with van der Waals surface area (Å²) in [6, 6.07) is 5.19. The van der Waals surface area contributed by atoms with Crippen molar-refractivity contribution in [3.63, 3.8) is 0 Å². The van der Waals surface area contributed by atoms with Gasteiger partial charge in [-0.2, -0.15) is 0 Å². The highest BCUT2D eigenvalue weighted by atomic mass is 32.2. The normalized spacial score (nSPS) is 22.4. The summed E-state index contributed by atoms with van der Waals surface area (Å²) < 4.78 is 34.7. The molecule has 6 heteroatoms. The third kappa shape index (κ3) is 2.97. The van der Waals surface area contributed by atoms with Gasteiger partial charge in [0, 0.05) is 13.2 Å². The Labute approximate surface area is 120 Å². The summed E-state index contributed by atoms with van der Waals surface area (Å²) in [6.45, 7) is 0.205. The van der Waals surface area contributed by atoms with Crippen LogP contribution in [0.25, 0.3) is 0 Å². The third-order valence-electron chi connectivity index (χ3n) is 3.84. The van der Waals surface area contributed by atoms with Gasteiger partial charge in [0.15, 0.2) is 9.84 Å². The molecule has 0 saturated carbocycles. The van der Waals surface area contributed by atoms with Crippen molar-refractivity contribution in [2.75, 3.05) is 26.6 Å². The summed E-state index contributed by atoms with van der Waals surface area (Å²) in [4.78, 5) is 0. The quantitative estimate of drug-likeness (QED) is 0.880. The second-order valence-corrected chi connectivity index (χ2v) is 7.37. The van der Waals surface area contributed by atoms with Crippen molar-refractivity contribution in [2.45, 2.75) is 24.1 Å². The summed E-state index contributed by atoms with van der Waals surface area (Å²) >= 11 is 0. The summed E-state index contributed by atoms with van der Waals surface area (Å²) in [5.41, 5.74) is 8.18. The lowest BCUT2D eigenvalue weighted by Gasteiger charge is -2.31. The molecule has 2 N–H and O–H groups in total. The number of hydrogen-bond donors (Lipinski definition) is 1. The van der Waals surface area contributed by atoms with Crippen molar-refractivity contribution in [3.8, 4) is 5.75 Å². The van der Waals surface area contributed by atoms with E-state index in [9.17, 15) is 8.42 Å². The molecule has 0 bridgehead atoms. The van der Waals surface area contributed by atoms with Crippen LogP contribution >= 0.6 is 0 Å². The zero-order valence-corrected chi connectivity index (χ0v) is 12.7. The Morgan fingerprint density at radius 1 is 1.35 bits per heavy atom. The molecule has 0 fully saturated rings. The van der Waals surface area contributed by atoms with Crippen LogP contribution in [-0.4, -0.2) is 40.2 Å². The van der Waals surface area contributed by atoms with E-state index < -0.39 is 21.1 Å². The SMILES string of the molecule is COCCS(=O)(=O)C1CCc2ccc(OC)cc2C1N. The first kappa shape index (κ1) is 15.3. The smallest absolute Gasteiger partial charge is 0.157 e. The van der Waals surface area contributed by atoms with E-state index in [0.29, 0.717) is 12.2 Å². The van der Waals surface area contributed by atoms with E-state index in [-0.39, 0.29) is 12.4 Å². The molecule has 0 saturated heterocycles. The van der Waals surface area contributed by atoms with Gasteiger partial charge in [-0.05, 0) is 36.1 Å². The van der Waals surface area contributed by atoms with Gasteiger partial charge in [0.05, 0.1) is 24.7 Å². The Morgan fingerprint density at radius 3 is 2.75 bits per heavy atom. The first-order chi connectivity index (χ1) is 9.49. The molecule has 0 aromatic heterocycles. The highest BCUT2D eigenvalue weighted by Crippen LogP contribution is 2.34. The van der Waals surface area contributed by atoms with Gasteiger partial charge < -0.3 is 15.2 Å². The van der Waals surface area contributed by atoms with Gasteiger partial charge in [0.2, 0.25) is 0 Å². The van der Waals surface area contributed by atoms with Crippen LogP contribution in [0.1, 0.15) is 23.6 Å². The van der Waals surface area contributed by atoms with Crippen LogP contribution < -0.4 is 10.5 Å². The summed E-state index contributed by atoms with van der Waals surface area (Å²) in [6.07, 6.45) is 1.29. The molecule has 0 aliphatic heterocycles. The zero-order valence-electron chi connectivity index (χ0n) is 11.8. The number of rotatable bonds is 5. The minimum absolute atomic E-state index is 0.0150. The molecule has 0 amide bonds. The predicted molar refractivity (Wildman–Crippen MR) is 77.7 cm³/mol. The first-order valence-corrected chi connectivity index (χ1v) is 8.34. The molecule has 1 aliphatic carbocycles. The van der Waals surface area contributed by atoms with E-state index in [1.165, 1.54) is 7.11 Å². The van der Waals surface area contributed by atoms with Gasteiger partial charge in [-0.3, -0.25) is 0 Å². The molecule has 20 heavy (non-hydrogen) atoms.